The number of rotatable bonds is 0. The van der Waals surface area contributed by atoms with E-state index < -0.39 is 0 Å². The Morgan fingerprint density at radius 3 is 2.90 bits per heavy atom. The molecular weight excluding hydrogens is 266 g/mol. The second-order valence-corrected chi connectivity index (χ2v) is 6.36. The van der Waals surface area contributed by atoms with Crippen LogP contribution in [-0.2, 0) is 7.05 Å². The van der Waals surface area contributed by atoms with Crippen LogP contribution in [0.2, 0.25) is 0 Å². The molecule has 0 amide bonds. The first-order valence-corrected chi connectivity index (χ1v) is 7.33. The number of ether oxygens (including phenoxy) is 1. The van der Waals surface area contributed by atoms with Gasteiger partial charge in [0.05, 0.1) is 17.8 Å². The van der Waals surface area contributed by atoms with E-state index in [2.05, 4.69) is 12.2 Å². The summed E-state index contributed by atoms with van der Waals surface area (Å²) in [6.45, 7) is 2.78. The molecular formula is C16H19N3O2. The van der Waals surface area contributed by atoms with Gasteiger partial charge >= 0.3 is 0 Å². The third-order valence-electron chi connectivity index (χ3n) is 5.05. The molecule has 2 aliphatic rings. The van der Waals surface area contributed by atoms with Crippen LogP contribution in [0.1, 0.15) is 19.8 Å². The second kappa shape index (κ2) is 3.93. The molecule has 5 nitrogen and oxygen atoms in total. The lowest BCUT2D eigenvalue weighted by Gasteiger charge is -2.21. The first-order chi connectivity index (χ1) is 10.0. The van der Waals surface area contributed by atoms with Crippen molar-refractivity contribution in [3.63, 3.8) is 0 Å². The van der Waals surface area contributed by atoms with Crippen LogP contribution in [0.25, 0.3) is 10.9 Å². The number of hydrogen-bond acceptors (Lipinski definition) is 4. The summed E-state index contributed by atoms with van der Waals surface area (Å²) in [4.78, 5) is 12.6. The number of fused-ring (bicyclic) bond motifs is 3. The number of aryl methyl sites for hydroxylation is 1. The number of nitrogen functional groups attached to an aromatic ring is 1. The van der Waals surface area contributed by atoms with E-state index in [4.69, 9.17) is 10.5 Å². The zero-order chi connectivity index (χ0) is 14.8. The van der Waals surface area contributed by atoms with Gasteiger partial charge in [0.1, 0.15) is 0 Å². The fraction of sp³-hybridized carbons (Fsp3) is 0.438. The molecule has 1 unspecified atom stereocenters. The van der Waals surface area contributed by atoms with Crippen LogP contribution in [0.4, 0.5) is 11.4 Å². The van der Waals surface area contributed by atoms with Gasteiger partial charge in [-0.2, -0.15) is 0 Å². The highest BCUT2D eigenvalue weighted by Crippen LogP contribution is 2.52. The Morgan fingerprint density at radius 2 is 2.19 bits per heavy atom. The predicted molar refractivity (Wildman–Crippen MR) is 83.8 cm³/mol. The monoisotopic (exact) mass is 285 g/mol. The summed E-state index contributed by atoms with van der Waals surface area (Å²) in [5.41, 5.74) is 8.34. The molecule has 110 valence electrons. The van der Waals surface area contributed by atoms with Crippen molar-refractivity contribution in [2.75, 3.05) is 17.7 Å². The lowest BCUT2D eigenvalue weighted by atomic mass is 9.99. The second-order valence-electron chi connectivity index (χ2n) is 6.36. The maximum atomic E-state index is 12.6. The molecule has 1 aliphatic heterocycles. The van der Waals surface area contributed by atoms with Crippen molar-refractivity contribution in [1.82, 2.24) is 4.57 Å². The first-order valence-electron chi connectivity index (χ1n) is 7.33. The summed E-state index contributed by atoms with van der Waals surface area (Å²) < 4.78 is 7.55. The van der Waals surface area contributed by atoms with Gasteiger partial charge in [0.2, 0.25) is 5.75 Å². The minimum absolute atomic E-state index is 0.0975. The Balaban J connectivity index is 2.02. The molecule has 2 heterocycles. The lowest BCUT2D eigenvalue weighted by molar-refractivity contribution is 0.227. The number of nitrogens with zero attached hydrogens (tertiary/aromatic N) is 1. The molecule has 1 aromatic carbocycles. The van der Waals surface area contributed by atoms with Crippen molar-refractivity contribution in [2.45, 2.75) is 25.8 Å². The van der Waals surface area contributed by atoms with Gasteiger partial charge in [-0.05, 0) is 38.0 Å². The highest BCUT2D eigenvalue weighted by atomic mass is 16.5. The van der Waals surface area contributed by atoms with E-state index in [1.165, 1.54) is 0 Å². The van der Waals surface area contributed by atoms with E-state index in [-0.39, 0.29) is 17.0 Å². The van der Waals surface area contributed by atoms with Crippen LogP contribution in [0.15, 0.2) is 23.0 Å². The van der Waals surface area contributed by atoms with Crippen LogP contribution in [0, 0.1) is 5.41 Å². The van der Waals surface area contributed by atoms with Gasteiger partial charge in [0.15, 0.2) is 0 Å². The average Bonchev–Trinajstić information content (AvgIpc) is 3.26. The maximum Gasteiger partial charge on any atom is 0.295 e. The number of anilines is 2. The molecule has 1 saturated carbocycles. The minimum atomic E-state index is -0.0975. The molecule has 1 fully saturated rings. The Bertz CT molecular complexity index is 805. The van der Waals surface area contributed by atoms with Crippen LogP contribution in [0.5, 0.6) is 5.75 Å². The summed E-state index contributed by atoms with van der Waals surface area (Å²) in [5.74, 6) is 0.422. The Kier molecular flexibility index (Phi) is 2.35. The maximum absolute atomic E-state index is 12.6. The summed E-state index contributed by atoms with van der Waals surface area (Å²) in [6, 6.07) is 5.89. The minimum Gasteiger partial charge on any atom is -0.486 e. The van der Waals surface area contributed by atoms with E-state index in [1.807, 2.05) is 18.2 Å². The fourth-order valence-corrected chi connectivity index (χ4v) is 3.26. The van der Waals surface area contributed by atoms with Gasteiger partial charge in [0, 0.05) is 29.6 Å². The topological polar surface area (TPSA) is 69.3 Å². The van der Waals surface area contributed by atoms with Gasteiger partial charge in [-0.25, -0.2) is 0 Å². The van der Waals surface area contributed by atoms with Gasteiger partial charge in [0.25, 0.3) is 5.56 Å². The Labute approximate surface area is 122 Å². The van der Waals surface area contributed by atoms with Crippen molar-refractivity contribution >= 4 is 22.3 Å². The SMILES string of the molecule is CC1Nc2c(c(=O)n(C)c3ccc(N)cc23)OCC12CC2. The number of nitrogens with two attached hydrogens (primary N) is 1. The quantitative estimate of drug-likeness (QED) is 0.727. The fourth-order valence-electron chi connectivity index (χ4n) is 3.26. The summed E-state index contributed by atoms with van der Waals surface area (Å²) >= 11 is 0. The zero-order valence-electron chi connectivity index (χ0n) is 12.3. The van der Waals surface area contributed by atoms with E-state index in [0.717, 1.165) is 29.4 Å². The highest BCUT2D eigenvalue weighted by Gasteiger charge is 2.50. The van der Waals surface area contributed by atoms with Crippen LogP contribution >= 0.6 is 0 Å². The summed E-state index contributed by atoms with van der Waals surface area (Å²) in [6.07, 6.45) is 2.30. The molecule has 1 aromatic heterocycles. The van der Waals surface area contributed by atoms with E-state index >= 15 is 0 Å². The van der Waals surface area contributed by atoms with Crippen LogP contribution < -0.4 is 21.3 Å². The number of nitrogens with one attached hydrogen (secondary N) is 1. The normalized spacial score (nSPS) is 22.3. The largest absolute Gasteiger partial charge is 0.486 e. The third-order valence-corrected chi connectivity index (χ3v) is 5.05. The van der Waals surface area contributed by atoms with E-state index in [9.17, 15) is 4.79 Å². The summed E-state index contributed by atoms with van der Waals surface area (Å²) in [5, 5.41) is 4.46. The van der Waals surface area contributed by atoms with Crippen LogP contribution in [-0.4, -0.2) is 17.2 Å². The van der Waals surface area contributed by atoms with Gasteiger partial charge in [-0.1, -0.05) is 0 Å². The molecule has 0 radical (unpaired) electrons. The summed E-state index contributed by atoms with van der Waals surface area (Å²) in [7, 11) is 1.77. The molecule has 1 aliphatic carbocycles. The average molecular weight is 285 g/mol. The molecule has 4 rings (SSSR count). The molecule has 0 saturated heterocycles. The van der Waals surface area contributed by atoms with E-state index in [1.54, 1.807) is 11.6 Å². The standard InChI is InChI=1S/C16H19N3O2/c1-9-16(5-6-16)8-21-14-13(18-9)11-7-10(17)3-4-12(11)19(2)15(14)20/h3-4,7,9,18H,5-6,8,17H2,1-2H3. The van der Waals surface area contributed by atoms with Gasteiger partial charge < -0.3 is 20.4 Å². The van der Waals surface area contributed by atoms with Crippen molar-refractivity contribution in [3.05, 3.63) is 28.6 Å². The Morgan fingerprint density at radius 1 is 1.43 bits per heavy atom. The number of hydrogen-bond donors (Lipinski definition) is 2. The van der Waals surface area contributed by atoms with Gasteiger partial charge in [-0.3, -0.25) is 4.79 Å². The van der Waals surface area contributed by atoms with Crippen molar-refractivity contribution in [2.24, 2.45) is 12.5 Å². The third kappa shape index (κ3) is 1.66. The highest BCUT2D eigenvalue weighted by molar-refractivity contribution is 5.96. The smallest absolute Gasteiger partial charge is 0.295 e. The molecule has 1 spiro atoms. The Hall–Kier alpha value is -2.17. The van der Waals surface area contributed by atoms with Crippen molar-refractivity contribution in [3.8, 4) is 5.75 Å². The van der Waals surface area contributed by atoms with Crippen molar-refractivity contribution in [1.29, 1.82) is 0 Å². The van der Waals surface area contributed by atoms with Crippen molar-refractivity contribution < 1.29 is 4.74 Å². The molecule has 5 heteroatoms. The molecule has 2 aromatic rings. The van der Waals surface area contributed by atoms with Gasteiger partial charge in [-0.15, -0.1) is 0 Å². The predicted octanol–water partition coefficient (Wildman–Crippen LogP) is 2.09. The number of pyridine rings is 1. The van der Waals surface area contributed by atoms with Crippen LogP contribution in [0.3, 0.4) is 0 Å². The number of benzene rings is 1. The molecule has 0 bridgehead atoms. The number of aromatic nitrogens is 1. The molecule has 21 heavy (non-hydrogen) atoms. The zero-order valence-corrected chi connectivity index (χ0v) is 12.3. The molecule has 3 N–H and O–H groups in total. The van der Waals surface area contributed by atoms with E-state index in [0.29, 0.717) is 18.0 Å². The first kappa shape index (κ1) is 12.6. The lowest BCUT2D eigenvalue weighted by Crippen LogP contribution is -2.29. The molecule has 1 atom stereocenters.